The van der Waals surface area contributed by atoms with Crippen LogP contribution < -0.4 is 0 Å². The summed E-state index contributed by atoms with van der Waals surface area (Å²) in [6, 6.07) is 8.12. The Morgan fingerprint density at radius 2 is 1.92 bits per heavy atom. The van der Waals surface area contributed by atoms with E-state index in [2.05, 4.69) is 28.1 Å². The van der Waals surface area contributed by atoms with Crippen LogP contribution in [0, 0.1) is 0 Å². The van der Waals surface area contributed by atoms with Crippen molar-refractivity contribution >= 4 is 47.0 Å². The van der Waals surface area contributed by atoms with Crippen LogP contribution in [0.15, 0.2) is 28.7 Å². The van der Waals surface area contributed by atoms with Crippen LogP contribution in [-0.2, 0) is 0 Å². The minimum absolute atomic E-state index is 0.645. The number of allylic oxidation sites excluding steroid dienone is 1. The zero-order chi connectivity index (χ0) is 9.26. The molecule has 3 heteroatoms. The predicted molar refractivity (Wildman–Crippen MR) is 62.5 cm³/mol. The number of hydrogen-bond acceptors (Lipinski definition) is 0. The third kappa shape index (κ3) is 2.19. The zero-order valence-corrected chi connectivity index (χ0v) is 10.9. The first-order valence-electron chi connectivity index (χ1n) is 4.05. The Morgan fingerprint density at radius 1 is 1.23 bits per heavy atom. The Labute approximate surface area is 97.6 Å². The molecule has 13 heavy (non-hydrogen) atoms. The van der Waals surface area contributed by atoms with Crippen LogP contribution in [0.1, 0.15) is 12.0 Å². The number of hydrogen-bond donors (Lipinski definition) is 0. The fourth-order valence-electron chi connectivity index (χ4n) is 1.28. The molecule has 0 bridgehead atoms. The second kappa shape index (κ2) is 4.18. The molecule has 0 N–H and O–H groups in total. The van der Waals surface area contributed by atoms with E-state index in [-0.39, 0.29) is 0 Å². The third-order valence-corrected chi connectivity index (χ3v) is 6.03. The van der Waals surface area contributed by atoms with Crippen molar-refractivity contribution in [1.82, 2.24) is 0 Å². The van der Waals surface area contributed by atoms with Crippen molar-refractivity contribution in [3.05, 3.63) is 39.3 Å². The fourth-order valence-corrected chi connectivity index (χ4v) is 5.26. The van der Waals surface area contributed by atoms with E-state index >= 15 is 0 Å². The molecule has 0 saturated heterocycles. The Hall–Kier alpha value is 0.249. The molecule has 0 atom stereocenters. The van der Waals surface area contributed by atoms with Gasteiger partial charge in [0.15, 0.2) is 0 Å². The van der Waals surface area contributed by atoms with Crippen molar-refractivity contribution in [2.45, 2.75) is 11.7 Å². The first-order valence-corrected chi connectivity index (χ1v) is 7.28. The maximum atomic E-state index is 5.83. The molecule has 0 spiro atoms. The molecule has 1 aromatic carbocycles. The maximum absolute atomic E-state index is 5.83. The minimum atomic E-state index is 0.645. The van der Waals surface area contributed by atoms with Gasteiger partial charge in [-0.15, -0.1) is 0 Å². The summed E-state index contributed by atoms with van der Waals surface area (Å²) in [6.45, 7) is 0. The molecule has 0 aromatic heterocycles. The van der Waals surface area contributed by atoms with Crippen LogP contribution >= 0.6 is 27.5 Å². The Bertz CT molecular complexity index is 342. The van der Waals surface area contributed by atoms with Crippen molar-refractivity contribution in [1.29, 1.82) is 0 Å². The first kappa shape index (κ1) is 9.79. The average Bonchev–Trinajstić information content (AvgIpc) is 2.53. The Balaban J connectivity index is 2.36. The van der Waals surface area contributed by atoms with E-state index in [9.17, 15) is 0 Å². The molecule has 1 aliphatic heterocycles. The summed E-state index contributed by atoms with van der Waals surface area (Å²) in [5.41, 5.74) is 1.33. The van der Waals surface area contributed by atoms with E-state index in [1.165, 1.54) is 26.3 Å². The van der Waals surface area contributed by atoms with Gasteiger partial charge in [-0.05, 0) is 0 Å². The van der Waals surface area contributed by atoms with E-state index in [1.807, 2.05) is 12.1 Å². The average molecular weight is 322 g/mol. The molecular weight excluding hydrogens is 314 g/mol. The molecular formula is C10H8BrClSe. The van der Waals surface area contributed by atoms with Gasteiger partial charge in [-0.1, -0.05) is 0 Å². The van der Waals surface area contributed by atoms with E-state index < -0.39 is 0 Å². The van der Waals surface area contributed by atoms with E-state index in [4.69, 9.17) is 11.6 Å². The summed E-state index contributed by atoms with van der Waals surface area (Å²) >= 11 is 10.1. The molecule has 0 radical (unpaired) electrons. The predicted octanol–water partition coefficient (Wildman–Crippen LogP) is 3.93. The van der Waals surface area contributed by atoms with Crippen LogP contribution in [0.4, 0.5) is 0 Å². The van der Waals surface area contributed by atoms with Crippen LogP contribution in [-0.4, -0.2) is 15.0 Å². The monoisotopic (exact) mass is 322 g/mol. The second-order valence-electron chi connectivity index (χ2n) is 2.84. The van der Waals surface area contributed by atoms with E-state index in [0.29, 0.717) is 15.0 Å². The van der Waals surface area contributed by atoms with Crippen LogP contribution in [0.2, 0.25) is 10.3 Å². The molecule has 0 fully saturated rings. The summed E-state index contributed by atoms with van der Waals surface area (Å²) in [7, 11) is 0. The molecule has 0 amide bonds. The van der Waals surface area contributed by atoms with Gasteiger partial charge >= 0.3 is 98.0 Å². The number of rotatable bonds is 1. The summed E-state index contributed by atoms with van der Waals surface area (Å²) in [6.07, 6.45) is 1.21. The van der Waals surface area contributed by atoms with Crippen LogP contribution in [0.25, 0.3) is 4.47 Å². The van der Waals surface area contributed by atoms with Gasteiger partial charge in [0.25, 0.3) is 0 Å². The third-order valence-electron chi connectivity index (χ3n) is 1.92. The van der Waals surface area contributed by atoms with Gasteiger partial charge in [0, 0.05) is 0 Å². The Morgan fingerprint density at radius 3 is 2.46 bits per heavy atom. The number of benzene rings is 1. The van der Waals surface area contributed by atoms with Gasteiger partial charge in [0.1, 0.15) is 0 Å². The van der Waals surface area contributed by atoms with Crippen molar-refractivity contribution in [2.24, 2.45) is 0 Å². The molecule has 1 aromatic rings. The van der Waals surface area contributed by atoms with Crippen LogP contribution in [0.5, 0.6) is 0 Å². The first-order chi connectivity index (χ1) is 6.27. The van der Waals surface area contributed by atoms with E-state index in [1.54, 1.807) is 0 Å². The SMILES string of the molecule is Clc1ccc(C2=C(Br)CC[Se]2)cc1. The van der Waals surface area contributed by atoms with Crippen LogP contribution in [0.3, 0.4) is 0 Å². The second-order valence-corrected chi connectivity index (χ2v) is 6.55. The van der Waals surface area contributed by atoms with E-state index in [0.717, 1.165) is 5.02 Å². The number of halogens is 2. The molecule has 68 valence electrons. The van der Waals surface area contributed by atoms with Crippen molar-refractivity contribution in [2.75, 3.05) is 0 Å². The molecule has 0 nitrogen and oxygen atoms in total. The van der Waals surface area contributed by atoms with Crippen molar-refractivity contribution < 1.29 is 0 Å². The van der Waals surface area contributed by atoms with Gasteiger partial charge in [-0.25, -0.2) is 0 Å². The molecule has 0 aliphatic carbocycles. The Kier molecular flexibility index (Phi) is 3.15. The van der Waals surface area contributed by atoms with Gasteiger partial charge in [-0.3, -0.25) is 0 Å². The van der Waals surface area contributed by atoms with Gasteiger partial charge in [0.05, 0.1) is 0 Å². The topological polar surface area (TPSA) is 0 Å². The zero-order valence-electron chi connectivity index (χ0n) is 6.89. The summed E-state index contributed by atoms with van der Waals surface area (Å²) in [5.74, 6) is 0. The van der Waals surface area contributed by atoms with Crippen molar-refractivity contribution in [3.8, 4) is 0 Å². The summed E-state index contributed by atoms with van der Waals surface area (Å²) < 4.78 is 2.89. The van der Waals surface area contributed by atoms with Crippen molar-refractivity contribution in [3.63, 3.8) is 0 Å². The summed E-state index contributed by atoms with van der Waals surface area (Å²) in [5, 5.41) is 2.14. The molecule has 0 unspecified atom stereocenters. The van der Waals surface area contributed by atoms with Gasteiger partial charge < -0.3 is 0 Å². The normalized spacial score (nSPS) is 16.8. The quantitative estimate of drug-likeness (QED) is 0.687. The van der Waals surface area contributed by atoms with Gasteiger partial charge in [0.2, 0.25) is 0 Å². The molecule has 1 heterocycles. The van der Waals surface area contributed by atoms with Gasteiger partial charge in [-0.2, -0.15) is 0 Å². The molecule has 0 saturated carbocycles. The fraction of sp³-hybridized carbons (Fsp3) is 0.200. The molecule has 1 aliphatic rings. The standard InChI is InChI=1S/C10H8BrClSe/c11-9-5-6-13-10(9)7-1-3-8(12)4-2-7/h1-4H,5-6H2. The summed E-state index contributed by atoms with van der Waals surface area (Å²) in [4.78, 5) is 0. The molecule has 2 rings (SSSR count).